The van der Waals surface area contributed by atoms with Crippen molar-refractivity contribution >= 4 is 15.9 Å². The molecule has 19 heavy (non-hydrogen) atoms. The first-order valence-corrected chi connectivity index (χ1v) is 6.97. The fourth-order valence-corrected chi connectivity index (χ4v) is 2.88. The molecule has 0 spiro atoms. The molecule has 104 valence electrons. The Bertz CT molecular complexity index is 494. The van der Waals surface area contributed by atoms with E-state index < -0.39 is 5.79 Å². The van der Waals surface area contributed by atoms with E-state index in [0.717, 1.165) is 10.0 Å². The zero-order valence-electron chi connectivity index (χ0n) is 10.9. The van der Waals surface area contributed by atoms with Crippen molar-refractivity contribution in [3.8, 4) is 5.75 Å². The van der Waals surface area contributed by atoms with Crippen molar-refractivity contribution in [3.63, 3.8) is 0 Å². The molecule has 6 heteroatoms. The number of fused-ring (bicyclic) bond motifs is 1. The summed E-state index contributed by atoms with van der Waals surface area (Å²) in [7, 11) is 0. The Morgan fingerprint density at radius 2 is 2.37 bits per heavy atom. The molecule has 0 fully saturated rings. The molecule has 2 atom stereocenters. The van der Waals surface area contributed by atoms with E-state index in [9.17, 15) is 10.1 Å². The number of nitro groups is 1. The third-order valence-corrected chi connectivity index (χ3v) is 3.67. The minimum Gasteiger partial charge on any atom is -0.462 e. The second kappa shape index (κ2) is 5.46. The fourth-order valence-electron chi connectivity index (χ4n) is 2.50. The second-order valence-electron chi connectivity index (χ2n) is 4.77. The molecule has 5 nitrogen and oxygen atoms in total. The number of halogens is 1. The minimum absolute atomic E-state index is 0.116. The summed E-state index contributed by atoms with van der Waals surface area (Å²) in [4.78, 5) is 10.6. The van der Waals surface area contributed by atoms with Crippen molar-refractivity contribution < 1.29 is 14.4 Å². The number of rotatable bonds is 4. The Morgan fingerprint density at radius 1 is 1.63 bits per heavy atom. The zero-order valence-corrected chi connectivity index (χ0v) is 12.5. The van der Waals surface area contributed by atoms with Gasteiger partial charge in [0.25, 0.3) is 0 Å². The van der Waals surface area contributed by atoms with Crippen LogP contribution in [0.5, 0.6) is 5.75 Å². The molecular weight excluding hydrogens is 314 g/mol. The molecule has 2 rings (SSSR count). The summed E-state index contributed by atoms with van der Waals surface area (Å²) in [6, 6.07) is 5.57. The van der Waals surface area contributed by atoms with Crippen LogP contribution < -0.4 is 4.74 Å². The minimum atomic E-state index is -0.795. The second-order valence-corrected chi connectivity index (χ2v) is 5.68. The van der Waals surface area contributed by atoms with E-state index in [1.165, 1.54) is 0 Å². The first-order valence-electron chi connectivity index (χ1n) is 6.18. The number of hydrogen-bond acceptors (Lipinski definition) is 4. The topological polar surface area (TPSA) is 61.6 Å². The van der Waals surface area contributed by atoms with E-state index in [2.05, 4.69) is 15.9 Å². The van der Waals surface area contributed by atoms with Crippen LogP contribution in [0, 0.1) is 10.1 Å². The van der Waals surface area contributed by atoms with Gasteiger partial charge in [0.05, 0.1) is 5.92 Å². The lowest BCUT2D eigenvalue weighted by Crippen LogP contribution is -2.42. The Kier molecular flexibility index (Phi) is 4.10. The van der Waals surface area contributed by atoms with Gasteiger partial charge in [-0.3, -0.25) is 10.1 Å². The maximum Gasteiger partial charge on any atom is 0.211 e. The van der Waals surface area contributed by atoms with Crippen molar-refractivity contribution in [1.29, 1.82) is 0 Å². The van der Waals surface area contributed by atoms with Crippen molar-refractivity contribution in [2.45, 2.75) is 32.0 Å². The molecule has 1 aliphatic heterocycles. The maximum atomic E-state index is 10.8. The molecule has 1 heterocycles. The van der Waals surface area contributed by atoms with Crippen LogP contribution in [-0.2, 0) is 4.74 Å². The molecule has 0 saturated carbocycles. The molecule has 1 aliphatic rings. The lowest BCUT2D eigenvalue weighted by Gasteiger charge is -2.38. The summed E-state index contributed by atoms with van der Waals surface area (Å²) in [5.74, 6) is -0.332. The smallest absolute Gasteiger partial charge is 0.211 e. The van der Waals surface area contributed by atoms with Crippen LogP contribution >= 0.6 is 15.9 Å². The van der Waals surface area contributed by atoms with Gasteiger partial charge in [0.2, 0.25) is 12.3 Å². The maximum absolute atomic E-state index is 10.8. The molecular formula is C13H16BrNO4. The van der Waals surface area contributed by atoms with Crippen molar-refractivity contribution in [2.75, 3.05) is 13.2 Å². The summed E-state index contributed by atoms with van der Waals surface area (Å²) in [6.07, 6.45) is 0.477. The van der Waals surface area contributed by atoms with E-state index in [0.29, 0.717) is 18.8 Å². The van der Waals surface area contributed by atoms with E-state index in [1.807, 2.05) is 32.0 Å². The van der Waals surface area contributed by atoms with Crippen LogP contribution in [0.2, 0.25) is 0 Å². The van der Waals surface area contributed by atoms with E-state index in [1.54, 1.807) is 0 Å². The van der Waals surface area contributed by atoms with Gasteiger partial charge in [0.15, 0.2) is 0 Å². The average molecular weight is 330 g/mol. The molecule has 0 bridgehead atoms. The highest BCUT2D eigenvalue weighted by Gasteiger charge is 2.40. The van der Waals surface area contributed by atoms with Crippen molar-refractivity contribution in [3.05, 3.63) is 38.3 Å². The first-order chi connectivity index (χ1) is 8.93. The van der Waals surface area contributed by atoms with E-state index in [4.69, 9.17) is 9.47 Å². The Morgan fingerprint density at radius 3 is 3.00 bits per heavy atom. The summed E-state index contributed by atoms with van der Waals surface area (Å²) in [6.45, 7) is 4.10. The normalized spacial score (nSPS) is 25.5. The highest BCUT2D eigenvalue weighted by molar-refractivity contribution is 9.10. The highest BCUT2D eigenvalue weighted by atomic mass is 79.9. The Labute approximate surface area is 120 Å². The summed E-state index contributed by atoms with van der Waals surface area (Å²) in [5.41, 5.74) is 0.864. The predicted octanol–water partition coefficient (Wildman–Crippen LogP) is 3.34. The predicted molar refractivity (Wildman–Crippen MR) is 74.0 cm³/mol. The zero-order chi connectivity index (χ0) is 14.0. The van der Waals surface area contributed by atoms with E-state index >= 15 is 0 Å². The van der Waals surface area contributed by atoms with Crippen molar-refractivity contribution in [1.82, 2.24) is 0 Å². The summed E-state index contributed by atoms with van der Waals surface area (Å²) >= 11 is 3.39. The standard InChI is InChI=1S/C13H16BrNO4/c1-3-18-13(2)7-9(8-15(16)17)11-6-10(14)4-5-12(11)19-13/h4-6,9H,3,7-8H2,1-2H3/t9-,13-/m1/s1. The third-order valence-electron chi connectivity index (χ3n) is 3.17. The van der Waals surface area contributed by atoms with Gasteiger partial charge in [-0.05, 0) is 25.1 Å². The van der Waals surface area contributed by atoms with Gasteiger partial charge < -0.3 is 9.47 Å². The molecule has 0 amide bonds. The van der Waals surface area contributed by atoms with E-state index in [-0.39, 0.29) is 17.4 Å². The Balaban J connectivity index is 2.37. The number of hydrogen-bond donors (Lipinski definition) is 0. The summed E-state index contributed by atoms with van der Waals surface area (Å²) < 4.78 is 12.4. The van der Waals surface area contributed by atoms with Gasteiger partial charge in [-0.1, -0.05) is 15.9 Å². The van der Waals surface area contributed by atoms with Crippen LogP contribution in [0.3, 0.4) is 0 Å². The van der Waals surface area contributed by atoms with Gasteiger partial charge in [-0.25, -0.2) is 0 Å². The van der Waals surface area contributed by atoms with Gasteiger partial charge in [-0.2, -0.15) is 0 Å². The summed E-state index contributed by atoms with van der Waals surface area (Å²) in [5, 5.41) is 10.8. The van der Waals surface area contributed by atoms with Crippen LogP contribution in [0.25, 0.3) is 0 Å². The van der Waals surface area contributed by atoms with Crippen LogP contribution in [0.4, 0.5) is 0 Å². The lowest BCUT2D eigenvalue weighted by atomic mass is 9.88. The SMILES string of the molecule is CCO[C@@]1(C)C[C@H](C[N+](=O)[O-])c2cc(Br)ccc2O1. The molecule has 0 unspecified atom stereocenters. The molecule has 0 N–H and O–H groups in total. The van der Waals surface area contributed by atoms with Gasteiger partial charge >= 0.3 is 0 Å². The molecule has 1 aromatic rings. The Hall–Kier alpha value is -1.14. The van der Waals surface area contributed by atoms with Crippen LogP contribution in [0.1, 0.15) is 31.7 Å². The number of nitrogens with zero attached hydrogens (tertiary/aromatic N) is 1. The number of benzene rings is 1. The largest absolute Gasteiger partial charge is 0.462 e. The monoisotopic (exact) mass is 329 g/mol. The average Bonchev–Trinajstić information content (AvgIpc) is 2.29. The van der Waals surface area contributed by atoms with Crippen LogP contribution in [0.15, 0.2) is 22.7 Å². The highest BCUT2D eigenvalue weighted by Crippen LogP contribution is 2.42. The fraction of sp³-hybridized carbons (Fsp3) is 0.538. The molecule has 0 aliphatic carbocycles. The third kappa shape index (κ3) is 3.25. The van der Waals surface area contributed by atoms with Crippen LogP contribution in [-0.4, -0.2) is 23.9 Å². The quantitative estimate of drug-likeness (QED) is 0.627. The molecule has 0 radical (unpaired) electrons. The first kappa shape index (κ1) is 14.3. The molecule has 1 aromatic carbocycles. The molecule has 0 saturated heterocycles. The van der Waals surface area contributed by atoms with Crippen molar-refractivity contribution in [2.24, 2.45) is 0 Å². The number of ether oxygens (including phenoxy) is 2. The van der Waals surface area contributed by atoms with Gasteiger partial charge in [0, 0.05) is 34.9 Å². The van der Waals surface area contributed by atoms with Gasteiger partial charge in [-0.15, -0.1) is 0 Å². The lowest BCUT2D eigenvalue weighted by molar-refractivity contribution is -0.485. The molecule has 0 aromatic heterocycles. The van der Waals surface area contributed by atoms with Gasteiger partial charge in [0.1, 0.15) is 5.75 Å².